The van der Waals surface area contributed by atoms with Crippen molar-refractivity contribution in [2.24, 2.45) is 5.92 Å². The summed E-state index contributed by atoms with van der Waals surface area (Å²) in [5.74, 6) is 0.215. The van der Waals surface area contributed by atoms with Crippen molar-refractivity contribution in [2.45, 2.75) is 29.9 Å². The van der Waals surface area contributed by atoms with Gasteiger partial charge < -0.3 is 9.47 Å². The third-order valence-corrected chi connectivity index (χ3v) is 4.35. The van der Waals surface area contributed by atoms with Crippen molar-refractivity contribution in [3.8, 4) is 0 Å². The smallest absolute Gasteiger partial charge is 0.319 e. The van der Waals surface area contributed by atoms with Crippen LogP contribution in [0.4, 0.5) is 0 Å². The van der Waals surface area contributed by atoms with Gasteiger partial charge >= 0.3 is 5.97 Å². The van der Waals surface area contributed by atoms with Crippen LogP contribution >= 0.6 is 11.8 Å². The Hall–Kier alpha value is -1.33. The highest BCUT2D eigenvalue weighted by Crippen LogP contribution is 2.33. The van der Waals surface area contributed by atoms with Gasteiger partial charge in [-0.05, 0) is 31.9 Å². The number of carbonyl (C=O) groups is 2. The fraction of sp³-hybridized carbons (Fsp3) is 0.500. The maximum atomic E-state index is 11.9. The lowest BCUT2D eigenvalue weighted by Crippen LogP contribution is -2.19. The van der Waals surface area contributed by atoms with E-state index >= 15 is 0 Å². The highest BCUT2D eigenvalue weighted by Gasteiger charge is 2.30. The van der Waals surface area contributed by atoms with Gasteiger partial charge in [-0.1, -0.05) is 12.1 Å². The van der Waals surface area contributed by atoms with E-state index in [9.17, 15) is 9.59 Å². The molecule has 1 fully saturated rings. The van der Waals surface area contributed by atoms with Gasteiger partial charge in [0.1, 0.15) is 11.9 Å². The summed E-state index contributed by atoms with van der Waals surface area (Å²) in [6, 6.07) is 7.45. The SMILES string of the molecule is COCCOC(=O)C(C)Sc1ccc(C(=O)C2CC2)cc1. The summed E-state index contributed by atoms with van der Waals surface area (Å²) in [6.45, 7) is 2.49. The Morgan fingerprint density at radius 2 is 1.90 bits per heavy atom. The number of methoxy groups -OCH3 is 1. The van der Waals surface area contributed by atoms with Crippen LogP contribution in [0.5, 0.6) is 0 Å². The van der Waals surface area contributed by atoms with E-state index in [1.807, 2.05) is 31.2 Å². The third kappa shape index (κ3) is 4.86. The van der Waals surface area contributed by atoms with Gasteiger partial charge in [0.15, 0.2) is 5.78 Å². The number of hydrogen-bond acceptors (Lipinski definition) is 5. The molecular weight excluding hydrogens is 288 g/mol. The van der Waals surface area contributed by atoms with Crippen LogP contribution < -0.4 is 0 Å². The largest absolute Gasteiger partial charge is 0.462 e. The number of rotatable bonds is 8. The molecule has 1 unspecified atom stereocenters. The number of thioether (sulfide) groups is 1. The first-order valence-corrected chi connectivity index (χ1v) is 7.96. The van der Waals surface area contributed by atoms with E-state index in [0.29, 0.717) is 6.61 Å². The second-order valence-corrected chi connectivity index (χ2v) is 6.50. The van der Waals surface area contributed by atoms with E-state index in [-0.39, 0.29) is 29.5 Å². The van der Waals surface area contributed by atoms with E-state index < -0.39 is 0 Å². The van der Waals surface area contributed by atoms with Crippen LogP contribution in [0.3, 0.4) is 0 Å². The quantitative estimate of drug-likeness (QED) is 0.320. The number of Topliss-reactive ketones (excluding diaryl/α,β-unsaturated/α-hetero) is 1. The monoisotopic (exact) mass is 308 g/mol. The fourth-order valence-corrected chi connectivity index (χ4v) is 2.74. The molecule has 1 aromatic rings. The topological polar surface area (TPSA) is 52.6 Å². The Bertz CT molecular complexity index is 494. The van der Waals surface area contributed by atoms with Crippen LogP contribution in [-0.2, 0) is 14.3 Å². The minimum atomic E-state index is -0.285. The average molecular weight is 308 g/mol. The van der Waals surface area contributed by atoms with Crippen molar-refractivity contribution in [1.82, 2.24) is 0 Å². The Morgan fingerprint density at radius 1 is 1.24 bits per heavy atom. The number of ether oxygens (including phenoxy) is 2. The lowest BCUT2D eigenvalue weighted by Gasteiger charge is -2.11. The van der Waals surface area contributed by atoms with Crippen LogP contribution in [0, 0.1) is 5.92 Å². The van der Waals surface area contributed by atoms with Gasteiger partial charge in [-0.15, -0.1) is 11.8 Å². The van der Waals surface area contributed by atoms with Crippen molar-refractivity contribution >= 4 is 23.5 Å². The van der Waals surface area contributed by atoms with Crippen LogP contribution in [0.15, 0.2) is 29.2 Å². The van der Waals surface area contributed by atoms with Crippen LogP contribution in [-0.4, -0.2) is 37.3 Å². The maximum Gasteiger partial charge on any atom is 0.319 e. The van der Waals surface area contributed by atoms with Gasteiger partial charge in [0.2, 0.25) is 0 Å². The van der Waals surface area contributed by atoms with Crippen LogP contribution in [0.1, 0.15) is 30.1 Å². The molecule has 1 aliphatic carbocycles. The van der Waals surface area contributed by atoms with E-state index in [0.717, 1.165) is 23.3 Å². The molecule has 0 amide bonds. The molecule has 0 aromatic heterocycles. The van der Waals surface area contributed by atoms with E-state index in [4.69, 9.17) is 9.47 Å². The van der Waals surface area contributed by atoms with Crippen LogP contribution in [0.25, 0.3) is 0 Å². The molecule has 1 atom stereocenters. The fourth-order valence-electron chi connectivity index (χ4n) is 1.87. The molecule has 5 heteroatoms. The van der Waals surface area contributed by atoms with Crippen molar-refractivity contribution in [2.75, 3.05) is 20.3 Å². The molecule has 0 spiro atoms. The van der Waals surface area contributed by atoms with Gasteiger partial charge in [-0.2, -0.15) is 0 Å². The molecular formula is C16H20O4S. The van der Waals surface area contributed by atoms with E-state index in [2.05, 4.69) is 0 Å². The first-order valence-electron chi connectivity index (χ1n) is 7.08. The summed E-state index contributed by atoms with van der Waals surface area (Å²) in [5.41, 5.74) is 0.761. The molecule has 2 rings (SSSR count). The highest BCUT2D eigenvalue weighted by molar-refractivity contribution is 8.00. The first kappa shape index (κ1) is 16.0. The number of benzene rings is 1. The summed E-state index contributed by atoms with van der Waals surface area (Å²) in [6.07, 6.45) is 2.03. The van der Waals surface area contributed by atoms with Gasteiger partial charge in [0, 0.05) is 23.5 Å². The summed E-state index contributed by atoms with van der Waals surface area (Å²) < 4.78 is 9.91. The number of esters is 1. The zero-order valence-electron chi connectivity index (χ0n) is 12.3. The summed E-state index contributed by atoms with van der Waals surface area (Å²) >= 11 is 1.43. The molecule has 1 aromatic carbocycles. The second-order valence-electron chi connectivity index (χ2n) is 5.08. The molecule has 114 valence electrons. The molecule has 0 N–H and O–H groups in total. The van der Waals surface area contributed by atoms with Crippen molar-refractivity contribution in [1.29, 1.82) is 0 Å². The number of carbonyl (C=O) groups excluding carboxylic acids is 2. The van der Waals surface area contributed by atoms with E-state index in [1.54, 1.807) is 7.11 Å². The predicted octanol–water partition coefficient (Wildman–Crippen LogP) is 2.95. The molecule has 0 heterocycles. The van der Waals surface area contributed by atoms with Gasteiger partial charge in [-0.25, -0.2) is 0 Å². The normalized spacial score (nSPS) is 15.5. The predicted molar refractivity (Wildman–Crippen MR) is 81.7 cm³/mol. The standard InChI is InChI=1S/C16H20O4S/c1-11(16(18)20-10-9-19-2)21-14-7-5-13(6-8-14)15(17)12-3-4-12/h5-8,11-12H,3-4,9-10H2,1-2H3. The zero-order chi connectivity index (χ0) is 15.2. The Balaban J connectivity index is 1.84. The van der Waals surface area contributed by atoms with Crippen LogP contribution in [0.2, 0.25) is 0 Å². The molecule has 4 nitrogen and oxygen atoms in total. The molecule has 1 aliphatic rings. The Kier molecular flexibility index (Phi) is 5.82. The lowest BCUT2D eigenvalue weighted by molar-refractivity contribution is -0.143. The Morgan fingerprint density at radius 3 is 2.48 bits per heavy atom. The molecule has 1 saturated carbocycles. The maximum absolute atomic E-state index is 11.9. The summed E-state index contributed by atoms with van der Waals surface area (Å²) in [4.78, 5) is 24.6. The zero-order valence-corrected chi connectivity index (χ0v) is 13.2. The average Bonchev–Trinajstić information content (AvgIpc) is 3.32. The minimum absolute atomic E-state index is 0.234. The number of ketones is 1. The molecule has 0 bridgehead atoms. The molecule has 21 heavy (non-hydrogen) atoms. The van der Waals surface area contributed by atoms with Gasteiger partial charge in [0.25, 0.3) is 0 Å². The van der Waals surface area contributed by atoms with Crippen molar-refractivity contribution < 1.29 is 19.1 Å². The minimum Gasteiger partial charge on any atom is -0.462 e. The van der Waals surface area contributed by atoms with Crippen molar-refractivity contribution in [3.63, 3.8) is 0 Å². The first-order chi connectivity index (χ1) is 10.1. The highest BCUT2D eigenvalue weighted by atomic mass is 32.2. The van der Waals surface area contributed by atoms with Gasteiger partial charge in [-0.3, -0.25) is 9.59 Å². The Labute approximate surface area is 129 Å². The third-order valence-electron chi connectivity index (χ3n) is 3.26. The molecule has 0 radical (unpaired) electrons. The number of hydrogen-bond donors (Lipinski definition) is 0. The second kappa shape index (κ2) is 7.61. The van der Waals surface area contributed by atoms with Gasteiger partial charge in [0.05, 0.1) is 6.61 Å². The lowest BCUT2D eigenvalue weighted by atomic mass is 10.1. The molecule has 0 aliphatic heterocycles. The summed E-state index contributed by atoms with van der Waals surface area (Å²) in [7, 11) is 1.57. The van der Waals surface area contributed by atoms with E-state index in [1.165, 1.54) is 11.8 Å². The van der Waals surface area contributed by atoms with Crippen molar-refractivity contribution in [3.05, 3.63) is 29.8 Å². The summed E-state index contributed by atoms with van der Waals surface area (Å²) in [5, 5.41) is -0.285. The molecule has 0 saturated heterocycles.